The highest BCUT2D eigenvalue weighted by Gasteiger charge is 2.58. The first-order valence-electron chi connectivity index (χ1n) is 7.90. The summed E-state index contributed by atoms with van der Waals surface area (Å²) in [5, 5.41) is 0. The minimum Gasteiger partial charge on any atom is -0.427 e. The van der Waals surface area contributed by atoms with Crippen LogP contribution in [-0.2, 0) is 19.8 Å². The third-order valence-electron chi connectivity index (χ3n) is 4.45. The number of benzene rings is 3. The van der Waals surface area contributed by atoms with E-state index in [1.54, 1.807) is 42.5 Å². The molecule has 26 heavy (non-hydrogen) atoms. The molecule has 0 saturated carbocycles. The summed E-state index contributed by atoms with van der Waals surface area (Å²) >= 11 is 0. The Labute approximate surface area is 150 Å². The van der Waals surface area contributed by atoms with Crippen molar-refractivity contribution in [3.8, 4) is 11.1 Å². The van der Waals surface area contributed by atoms with Gasteiger partial charge >= 0.3 is 16.1 Å². The lowest BCUT2D eigenvalue weighted by molar-refractivity contribution is 0.0338. The molecule has 1 aliphatic heterocycles. The molecule has 0 spiro atoms. The molecule has 5 nitrogen and oxygen atoms in total. The van der Waals surface area contributed by atoms with Crippen LogP contribution in [0.4, 0.5) is 0 Å². The number of carbonyl (C=O) groups is 1. The first-order valence-corrected chi connectivity index (χ1v) is 9.34. The van der Waals surface area contributed by atoms with Crippen LogP contribution < -0.4 is 0 Å². The molecule has 1 aliphatic rings. The quantitative estimate of drug-likeness (QED) is 0.566. The van der Waals surface area contributed by atoms with E-state index in [4.69, 9.17) is 4.74 Å². The normalized spacial score (nSPS) is 19.0. The Balaban J connectivity index is 2.14. The summed E-state index contributed by atoms with van der Waals surface area (Å²) in [6, 6.07) is 21.9. The molecule has 1 unspecified atom stereocenters. The first-order chi connectivity index (χ1) is 12.4. The zero-order chi connectivity index (χ0) is 18.4. The Kier molecular flexibility index (Phi) is 3.68. The van der Waals surface area contributed by atoms with E-state index in [0.717, 1.165) is 0 Å². The lowest BCUT2D eigenvalue weighted by Gasteiger charge is -2.27. The number of hydrogen-bond donors (Lipinski definition) is 1. The largest absolute Gasteiger partial charge is 0.427 e. The van der Waals surface area contributed by atoms with Gasteiger partial charge in [-0.05, 0) is 17.2 Å². The van der Waals surface area contributed by atoms with Gasteiger partial charge in [-0.15, -0.1) is 0 Å². The van der Waals surface area contributed by atoms with E-state index in [-0.39, 0.29) is 16.7 Å². The van der Waals surface area contributed by atoms with Crippen molar-refractivity contribution in [2.75, 3.05) is 0 Å². The van der Waals surface area contributed by atoms with Gasteiger partial charge in [0.15, 0.2) is 0 Å². The number of esters is 1. The van der Waals surface area contributed by atoms with Gasteiger partial charge in [-0.25, -0.2) is 4.79 Å². The molecule has 0 amide bonds. The number of rotatable bonds is 3. The first kappa shape index (κ1) is 16.5. The van der Waals surface area contributed by atoms with E-state index in [1.807, 2.05) is 18.2 Å². The molecule has 3 aromatic rings. The van der Waals surface area contributed by atoms with Crippen molar-refractivity contribution in [3.63, 3.8) is 0 Å². The van der Waals surface area contributed by atoms with Crippen LogP contribution in [0, 0.1) is 0 Å². The number of hydrogen-bond acceptors (Lipinski definition) is 4. The fourth-order valence-electron chi connectivity index (χ4n) is 3.36. The highest BCUT2D eigenvalue weighted by molar-refractivity contribution is 7.87. The van der Waals surface area contributed by atoms with Crippen LogP contribution in [0.2, 0.25) is 0 Å². The van der Waals surface area contributed by atoms with E-state index in [2.05, 4.69) is 0 Å². The number of cyclic esters (lactones) is 1. The summed E-state index contributed by atoms with van der Waals surface area (Å²) in [6.45, 7) is 0. The van der Waals surface area contributed by atoms with Gasteiger partial charge in [0.05, 0.1) is 5.56 Å². The Hall–Kier alpha value is -2.96. The van der Waals surface area contributed by atoms with Crippen LogP contribution in [0.3, 0.4) is 0 Å². The molecule has 1 N–H and O–H groups in total. The molecule has 6 heteroatoms. The molecule has 3 aromatic carbocycles. The Morgan fingerprint density at radius 3 is 1.96 bits per heavy atom. The maximum atomic E-state index is 12.5. The van der Waals surface area contributed by atoms with Gasteiger partial charge in [-0.1, -0.05) is 72.8 Å². The maximum Gasteiger partial charge on any atom is 0.340 e. The van der Waals surface area contributed by atoms with Crippen molar-refractivity contribution in [3.05, 3.63) is 95.6 Å². The summed E-state index contributed by atoms with van der Waals surface area (Å²) in [6.07, 6.45) is 0. The van der Waals surface area contributed by atoms with Crippen LogP contribution in [0.25, 0.3) is 11.1 Å². The van der Waals surface area contributed by atoms with Crippen molar-refractivity contribution in [1.29, 1.82) is 0 Å². The summed E-state index contributed by atoms with van der Waals surface area (Å²) in [5.74, 6) is -0.792. The highest BCUT2D eigenvalue weighted by Crippen LogP contribution is 2.49. The topological polar surface area (TPSA) is 80.7 Å². The van der Waals surface area contributed by atoms with Crippen molar-refractivity contribution in [2.45, 2.75) is 4.93 Å². The van der Waals surface area contributed by atoms with E-state index < -0.39 is 21.0 Å². The zero-order valence-electron chi connectivity index (χ0n) is 13.5. The minimum absolute atomic E-state index is 0.118. The Morgan fingerprint density at radius 1 is 0.769 bits per heavy atom. The van der Waals surface area contributed by atoms with E-state index >= 15 is 0 Å². The van der Waals surface area contributed by atoms with Crippen LogP contribution in [0.15, 0.2) is 78.9 Å². The van der Waals surface area contributed by atoms with E-state index in [1.165, 1.54) is 18.2 Å². The van der Waals surface area contributed by atoms with Gasteiger partial charge in [0.25, 0.3) is 4.93 Å². The molecule has 0 bridgehead atoms. The number of ether oxygens (including phenoxy) is 1. The van der Waals surface area contributed by atoms with Crippen LogP contribution in [0.1, 0.15) is 21.5 Å². The van der Waals surface area contributed by atoms with Gasteiger partial charge in [0.2, 0.25) is 0 Å². The zero-order valence-corrected chi connectivity index (χ0v) is 14.3. The third-order valence-corrected chi connectivity index (χ3v) is 5.70. The van der Waals surface area contributed by atoms with Gasteiger partial charge in [-0.3, -0.25) is 4.55 Å². The summed E-state index contributed by atoms with van der Waals surface area (Å²) in [5.41, 5.74) is 1.64. The second-order valence-electron chi connectivity index (χ2n) is 5.94. The average molecular weight is 366 g/mol. The molecule has 0 fully saturated rings. The van der Waals surface area contributed by atoms with Crippen molar-refractivity contribution < 1.29 is 22.5 Å². The molecular formula is C20H14O5S. The summed E-state index contributed by atoms with van der Waals surface area (Å²) in [4.78, 5) is 10.2. The van der Waals surface area contributed by atoms with Crippen LogP contribution in [-0.4, -0.2) is 18.9 Å². The number of carbonyl (C=O) groups excluding carboxylic acids is 1. The summed E-state index contributed by atoms with van der Waals surface area (Å²) in [7, 11) is -4.84. The van der Waals surface area contributed by atoms with Crippen molar-refractivity contribution in [1.82, 2.24) is 0 Å². The highest BCUT2D eigenvalue weighted by atomic mass is 32.2. The van der Waals surface area contributed by atoms with E-state index in [0.29, 0.717) is 11.1 Å². The van der Waals surface area contributed by atoms with Crippen molar-refractivity contribution in [2.24, 2.45) is 0 Å². The third kappa shape index (κ3) is 2.27. The van der Waals surface area contributed by atoms with E-state index in [9.17, 15) is 17.8 Å². The molecule has 0 saturated heterocycles. The number of fused-ring (bicyclic) bond motifs is 1. The molecule has 0 aromatic heterocycles. The molecule has 1 atom stereocenters. The molecule has 0 aliphatic carbocycles. The fourth-order valence-corrected chi connectivity index (χ4v) is 4.46. The minimum atomic E-state index is -4.84. The van der Waals surface area contributed by atoms with Gasteiger partial charge in [0, 0.05) is 11.1 Å². The second-order valence-corrected chi connectivity index (χ2v) is 7.47. The molecule has 1 heterocycles. The smallest absolute Gasteiger partial charge is 0.340 e. The Bertz CT molecular complexity index is 1090. The summed E-state index contributed by atoms with van der Waals surface area (Å²) < 4.78 is 40.6. The lowest BCUT2D eigenvalue weighted by atomic mass is 9.90. The predicted octanol–water partition coefficient (Wildman–Crippen LogP) is 3.61. The monoisotopic (exact) mass is 366 g/mol. The SMILES string of the molecule is O=C1OC(c2ccccc2)(S(=O)(=O)O)c2c1cccc2-c1ccccc1. The van der Waals surface area contributed by atoms with Gasteiger partial charge in [0.1, 0.15) is 0 Å². The Morgan fingerprint density at radius 2 is 1.35 bits per heavy atom. The molecule has 130 valence electrons. The fraction of sp³-hybridized carbons (Fsp3) is 0.0500. The molecule has 4 rings (SSSR count). The van der Waals surface area contributed by atoms with Gasteiger partial charge < -0.3 is 4.74 Å². The standard InChI is InChI=1S/C20H14O5S/c21-19-17-13-7-12-16(14-8-3-1-4-9-14)18(17)20(25-19,26(22,23)24)15-10-5-2-6-11-15/h1-13H,(H,22,23,24). The van der Waals surface area contributed by atoms with Gasteiger partial charge in [-0.2, -0.15) is 8.42 Å². The maximum absolute atomic E-state index is 12.5. The second kappa shape index (κ2) is 5.79. The van der Waals surface area contributed by atoms with Crippen LogP contribution in [0.5, 0.6) is 0 Å². The lowest BCUT2D eigenvalue weighted by Crippen LogP contribution is -2.37. The average Bonchev–Trinajstić information content (AvgIpc) is 2.97. The van der Waals surface area contributed by atoms with Crippen molar-refractivity contribution >= 4 is 16.1 Å². The molecular weight excluding hydrogens is 352 g/mol. The van der Waals surface area contributed by atoms with Crippen LogP contribution >= 0.6 is 0 Å². The molecule has 0 radical (unpaired) electrons. The predicted molar refractivity (Wildman–Crippen MR) is 96.1 cm³/mol.